The molecule has 0 aliphatic carbocycles. The average Bonchev–Trinajstić information content (AvgIpc) is 3.42. The van der Waals surface area contributed by atoms with Crippen LogP contribution in [-0.4, -0.2) is 45.0 Å². The number of fused-ring (bicyclic) bond motifs is 1. The van der Waals surface area contributed by atoms with Gasteiger partial charge in [-0.15, -0.1) is 0 Å². The van der Waals surface area contributed by atoms with Gasteiger partial charge in [-0.2, -0.15) is 10.4 Å². The van der Waals surface area contributed by atoms with Crippen LogP contribution in [0.2, 0.25) is 0 Å². The minimum absolute atomic E-state index is 0.0190. The normalized spacial score (nSPS) is 22.6. The third kappa shape index (κ3) is 4.11. The molecular formula is C26H28F2N6O. The van der Waals surface area contributed by atoms with Gasteiger partial charge in [0.1, 0.15) is 5.82 Å². The van der Waals surface area contributed by atoms with Crippen LogP contribution in [0.5, 0.6) is 0 Å². The van der Waals surface area contributed by atoms with Crippen molar-refractivity contribution in [2.45, 2.75) is 46.1 Å². The van der Waals surface area contributed by atoms with Gasteiger partial charge in [-0.1, -0.05) is 6.92 Å². The first-order valence-electron chi connectivity index (χ1n) is 12.0. The number of nitrogens with zero attached hydrogens (tertiary/aromatic N) is 6. The Morgan fingerprint density at radius 2 is 1.89 bits per heavy atom. The fourth-order valence-electron chi connectivity index (χ4n) is 5.32. The van der Waals surface area contributed by atoms with Crippen molar-refractivity contribution in [2.75, 3.05) is 24.5 Å². The van der Waals surface area contributed by atoms with Crippen molar-refractivity contribution in [1.82, 2.24) is 19.5 Å². The zero-order valence-corrected chi connectivity index (χ0v) is 20.1. The minimum Gasteiger partial charge on any atom is -0.355 e. The highest BCUT2D eigenvalue weighted by Crippen LogP contribution is 2.34. The molecule has 3 atom stereocenters. The molecule has 9 heteroatoms. The van der Waals surface area contributed by atoms with Crippen LogP contribution in [0.3, 0.4) is 0 Å². The first kappa shape index (κ1) is 23.2. The Balaban J connectivity index is 1.47. The van der Waals surface area contributed by atoms with Crippen LogP contribution in [-0.2, 0) is 0 Å². The number of carbonyl (C=O) groups is 1. The molecule has 1 amide bonds. The second-order valence-electron chi connectivity index (χ2n) is 9.83. The molecule has 2 saturated heterocycles. The molecule has 0 saturated carbocycles. The lowest BCUT2D eigenvalue weighted by atomic mass is 9.97. The molecule has 0 N–H and O–H groups in total. The van der Waals surface area contributed by atoms with Crippen molar-refractivity contribution < 1.29 is 13.6 Å². The van der Waals surface area contributed by atoms with Crippen molar-refractivity contribution in [2.24, 2.45) is 11.8 Å². The summed E-state index contributed by atoms with van der Waals surface area (Å²) in [6.45, 7) is 7.64. The Morgan fingerprint density at radius 1 is 1.11 bits per heavy atom. The molecular weight excluding hydrogens is 450 g/mol. The Morgan fingerprint density at radius 3 is 2.63 bits per heavy atom. The largest absolute Gasteiger partial charge is 0.355 e. The number of benzene rings is 1. The minimum atomic E-state index is -1.03. The number of piperidine rings is 1. The summed E-state index contributed by atoms with van der Waals surface area (Å²) in [7, 11) is 0. The molecule has 35 heavy (non-hydrogen) atoms. The molecule has 2 aliphatic heterocycles. The van der Waals surface area contributed by atoms with Gasteiger partial charge >= 0.3 is 0 Å². The first-order chi connectivity index (χ1) is 16.8. The second kappa shape index (κ2) is 8.91. The predicted molar refractivity (Wildman–Crippen MR) is 127 cm³/mol. The molecule has 0 unspecified atom stereocenters. The quantitative estimate of drug-likeness (QED) is 0.550. The highest BCUT2D eigenvalue weighted by atomic mass is 19.2. The lowest BCUT2D eigenvalue weighted by Gasteiger charge is -2.35. The lowest BCUT2D eigenvalue weighted by Crippen LogP contribution is -2.39. The zero-order chi connectivity index (χ0) is 24.9. The number of aryl methyl sites for hydroxylation is 2. The molecule has 2 aromatic heterocycles. The number of hydrogen-bond donors (Lipinski definition) is 0. The molecule has 3 aromatic rings. The van der Waals surface area contributed by atoms with Gasteiger partial charge in [-0.05, 0) is 56.7 Å². The first-order valence-corrected chi connectivity index (χ1v) is 12.0. The van der Waals surface area contributed by atoms with Crippen molar-refractivity contribution in [3.8, 4) is 6.07 Å². The van der Waals surface area contributed by atoms with E-state index in [-0.39, 0.29) is 29.3 Å². The maximum atomic E-state index is 13.9. The van der Waals surface area contributed by atoms with Gasteiger partial charge in [0.2, 0.25) is 0 Å². The number of anilines is 1. The highest BCUT2D eigenvalue weighted by molar-refractivity contribution is 5.96. The molecule has 0 bridgehead atoms. The standard InChI is InChI=1S/C26H28F2N6O/c1-15-8-20(27)21(28)9-19(15)26(35)33-7-5-4-6-23(33)22-10-24-30-25(17(3)13-34(24)31-22)32-12-16(2)18(11-29)14-32/h8-10,13,16,18,23H,4-7,12,14H2,1-3H3/t16-,18+,23-/m0/s1. The van der Waals surface area contributed by atoms with Crippen molar-refractivity contribution in [1.29, 1.82) is 5.26 Å². The topological polar surface area (TPSA) is 77.5 Å². The number of likely N-dealkylation sites (tertiary alicyclic amines) is 1. The second-order valence-corrected chi connectivity index (χ2v) is 9.83. The fraction of sp³-hybridized carbons (Fsp3) is 0.462. The van der Waals surface area contributed by atoms with Gasteiger partial charge in [0.25, 0.3) is 5.91 Å². The summed E-state index contributed by atoms with van der Waals surface area (Å²) in [5.74, 6) is -1.19. The number of rotatable bonds is 3. The molecule has 5 rings (SSSR count). The van der Waals surface area contributed by atoms with Gasteiger partial charge in [0.05, 0.1) is 23.7 Å². The lowest BCUT2D eigenvalue weighted by molar-refractivity contribution is 0.0604. The highest BCUT2D eigenvalue weighted by Gasteiger charge is 2.33. The summed E-state index contributed by atoms with van der Waals surface area (Å²) in [5, 5.41) is 14.2. The molecule has 0 radical (unpaired) electrons. The van der Waals surface area contributed by atoms with Crippen LogP contribution in [0.15, 0.2) is 24.4 Å². The summed E-state index contributed by atoms with van der Waals surface area (Å²) in [6, 6.07) is 6.07. The van der Waals surface area contributed by atoms with Crippen LogP contribution in [0.25, 0.3) is 5.65 Å². The molecule has 4 heterocycles. The van der Waals surface area contributed by atoms with E-state index in [9.17, 15) is 18.8 Å². The summed E-state index contributed by atoms with van der Waals surface area (Å²) >= 11 is 0. The summed E-state index contributed by atoms with van der Waals surface area (Å²) in [4.78, 5) is 22.1. The van der Waals surface area contributed by atoms with E-state index >= 15 is 0 Å². The Hall–Kier alpha value is -3.54. The number of nitriles is 1. The maximum Gasteiger partial charge on any atom is 0.254 e. The molecule has 0 spiro atoms. The van der Waals surface area contributed by atoms with Gasteiger partial charge in [-0.3, -0.25) is 4.79 Å². The predicted octanol–water partition coefficient (Wildman–Crippen LogP) is 4.59. The number of amides is 1. The summed E-state index contributed by atoms with van der Waals surface area (Å²) < 4.78 is 29.3. The van der Waals surface area contributed by atoms with Gasteiger partial charge in [-0.25, -0.2) is 18.3 Å². The smallest absolute Gasteiger partial charge is 0.254 e. The van der Waals surface area contributed by atoms with Crippen LogP contribution < -0.4 is 4.90 Å². The number of carbonyl (C=O) groups excluding carboxylic acids is 1. The maximum absolute atomic E-state index is 13.9. The monoisotopic (exact) mass is 478 g/mol. The SMILES string of the molecule is Cc1cc(F)c(F)cc1C(=O)N1CCCC[C@H]1c1cc2nc(N3C[C@@H](C#N)[C@@H](C)C3)c(C)cn2n1. The molecule has 182 valence electrons. The van der Waals surface area contributed by atoms with E-state index < -0.39 is 11.6 Å². The van der Waals surface area contributed by atoms with E-state index in [1.807, 2.05) is 19.2 Å². The van der Waals surface area contributed by atoms with Gasteiger partial charge in [0.15, 0.2) is 17.3 Å². The Bertz CT molecular complexity index is 1350. The number of hydrogen-bond acceptors (Lipinski definition) is 5. The van der Waals surface area contributed by atoms with E-state index in [0.717, 1.165) is 55.0 Å². The summed E-state index contributed by atoms with van der Waals surface area (Å²) in [6.07, 6.45) is 4.45. The van der Waals surface area contributed by atoms with Crippen molar-refractivity contribution >= 4 is 17.4 Å². The van der Waals surface area contributed by atoms with Crippen LogP contribution in [0, 0.1) is 48.6 Å². The van der Waals surface area contributed by atoms with Crippen LogP contribution >= 0.6 is 0 Å². The fourth-order valence-corrected chi connectivity index (χ4v) is 5.32. The van der Waals surface area contributed by atoms with Crippen molar-refractivity contribution in [3.05, 3.63) is 58.4 Å². The van der Waals surface area contributed by atoms with E-state index in [2.05, 4.69) is 17.9 Å². The van der Waals surface area contributed by atoms with E-state index in [0.29, 0.717) is 24.3 Å². The van der Waals surface area contributed by atoms with Gasteiger partial charge < -0.3 is 9.80 Å². The number of aromatic nitrogens is 3. The van der Waals surface area contributed by atoms with Crippen LogP contribution in [0.4, 0.5) is 14.6 Å². The van der Waals surface area contributed by atoms with E-state index in [1.54, 1.807) is 16.3 Å². The molecule has 2 aliphatic rings. The van der Waals surface area contributed by atoms with Crippen molar-refractivity contribution in [3.63, 3.8) is 0 Å². The Labute approximate surface area is 203 Å². The van der Waals surface area contributed by atoms with Crippen LogP contribution in [0.1, 0.15) is 59.4 Å². The molecule has 2 fully saturated rings. The average molecular weight is 479 g/mol. The van der Waals surface area contributed by atoms with E-state index in [1.165, 1.54) is 0 Å². The number of halogens is 2. The third-order valence-corrected chi connectivity index (χ3v) is 7.30. The Kier molecular flexibility index (Phi) is 5.91. The molecule has 7 nitrogen and oxygen atoms in total. The van der Waals surface area contributed by atoms with Gasteiger partial charge in [0, 0.05) is 43.0 Å². The third-order valence-electron chi connectivity index (χ3n) is 7.30. The van der Waals surface area contributed by atoms with E-state index in [4.69, 9.17) is 10.1 Å². The summed E-state index contributed by atoms with van der Waals surface area (Å²) in [5.41, 5.74) is 2.95. The molecule has 1 aromatic carbocycles. The zero-order valence-electron chi connectivity index (χ0n) is 20.1.